The van der Waals surface area contributed by atoms with Crippen LogP contribution in [-0.4, -0.2) is 30.0 Å². The van der Waals surface area contributed by atoms with Gasteiger partial charge in [-0.25, -0.2) is 4.79 Å². The molecule has 0 unspecified atom stereocenters. The van der Waals surface area contributed by atoms with Gasteiger partial charge in [0.05, 0.1) is 4.92 Å². The summed E-state index contributed by atoms with van der Waals surface area (Å²) in [5.41, 5.74) is 3.21. The molecule has 0 saturated heterocycles. The third kappa shape index (κ3) is 5.79. The van der Waals surface area contributed by atoms with Crippen molar-refractivity contribution < 1.29 is 24.0 Å². The number of nitrogens with one attached hydrogen (secondary N) is 1. The van der Waals surface area contributed by atoms with Crippen LogP contribution in [0.25, 0.3) is 0 Å². The van der Waals surface area contributed by atoms with E-state index in [1.807, 2.05) is 25.1 Å². The molecule has 2 aromatic rings. The lowest BCUT2D eigenvalue weighted by Crippen LogP contribution is -2.24. The summed E-state index contributed by atoms with van der Waals surface area (Å²) in [4.78, 5) is 34.7. The third-order valence-electron chi connectivity index (χ3n) is 4.76. The lowest BCUT2D eigenvalue weighted by atomic mass is 10.0. The van der Waals surface area contributed by atoms with Gasteiger partial charge in [-0.15, -0.1) is 0 Å². The van der Waals surface area contributed by atoms with Crippen molar-refractivity contribution >= 4 is 23.3 Å². The van der Waals surface area contributed by atoms with Gasteiger partial charge in [-0.3, -0.25) is 14.9 Å². The standard InChI is InChI=1S/C22H26N2O6/c1-13(2)17-8-6-15(4)19(10-17)29-12-21(26)30-11-20(25)23-22-16(5)14(3)7-9-18(22)24(27)28/h6-10,13H,11-12H2,1-5H3,(H,23,25). The average molecular weight is 414 g/mol. The normalized spacial score (nSPS) is 10.6. The molecule has 8 heteroatoms. The predicted octanol–water partition coefficient (Wildman–Crippen LogP) is 4.20. The summed E-state index contributed by atoms with van der Waals surface area (Å²) in [6, 6.07) is 8.73. The van der Waals surface area contributed by atoms with Gasteiger partial charge in [0.1, 0.15) is 11.4 Å². The van der Waals surface area contributed by atoms with Crippen LogP contribution >= 0.6 is 0 Å². The molecular formula is C22H26N2O6. The second kappa shape index (κ2) is 9.87. The van der Waals surface area contributed by atoms with Gasteiger partial charge in [-0.2, -0.15) is 0 Å². The highest BCUT2D eigenvalue weighted by Gasteiger charge is 2.20. The number of aryl methyl sites for hydroxylation is 2. The molecule has 0 fully saturated rings. The van der Waals surface area contributed by atoms with Gasteiger partial charge >= 0.3 is 5.97 Å². The minimum atomic E-state index is -0.713. The average Bonchev–Trinajstić information content (AvgIpc) is 2.68. The zero-order valence-electron chi connectivity index (χ0n) is 17.8. The monoisotopic (exact) mass is 414 g/mol. The number of nitrogens with zero attached hydrogens (tertiary/aromatic N) is 1. The predicted molar refractivity (Wildman–Crippen MR) is 113 cm³/mol. The summed E-state index contributed by atoms with van der Waals surface area (Å²) < 4.78 is 10.5. The molecule has 2 rings (SSSR count). The topological polar surface area (TPSA) is 108 Å². The molecule has 1 N–H and O–H groups in total. The van der Waals surface area contributed by atoms with E-state index in [2.05, 4.69) is 19.2 Å². The second-order valence-corrected chi connectivity index (χ2v) is 7.34. The number of nitro benzene ring substituents is 1. The van der Waals surface area contributed by atoms with Crippen LogP contribution in [0.5, 0.6) is 5.75 Å². The van der Waals surface area contributed by atoms with Crippen LogP contribution in [0.3, 0.4) is 0 Å². The van der Waals surface area contributed by atoms with E-state index in [1.165, 1.54) is 6.07 Å². The number of amides is 1. The summed E-state index contributed by atoms with van der Waals surface area (Å²) in [5, 5.41) is 13.7. The van der Waals surface area contributed by atoms with E-state index in [9.17, 15) is 19.7 Å². The van der Waals surface area contributed by atoms with E-state index in [0.29, 0.717) is 17.2 Å². The number of carbonyl (C=O) groups is 2. The van der Waals surface area contributed by atoms with E-state index in [0.717, 1.165) is 16.7 Å². The molecule has 0 aliphatic heterocycles. The van der Waals surface area contributed by atoms with Crippen molar-refractivity contribution in [1.29, 1.82) is 0 Å². The first-order valence-electron chi connectivity index (χ1n) is 9.53. The number of ether oxygens (including phenoxy) is 2. The number of hydrogen-bond acceptors (Lipinski definition) is 6. The number of nitro groups is 1. The Bertz CT molecular complexity index is 968. The number of benzene rings is 2. The Balaban J connectivity index is 1.93. The fraction of sp³-hybridized carbons (Fsp3) is 0.364. The van der Waals surface area contributed by atoms with Gasteiger partial charge in [0.25, 0.3) is 11.6 Å². The zero-order valence-corrected chi connectivity index (χ0v) is 17.8. The largest absolute Gasteiger partial charge is 0.482 e. The smallest absolute Gasteiger partial charge is 0.344 e. The molecule has 0 aliphatic carbocycles. The van der Waals surface area contributed by atoms with Crippen molar-refractivity contribution in [3.05, 3.63) is 62.7 Å². The molecular weight excluding hydrogens is 388 g/mol. The lowest BCUT2D eigenvalue weighted by Gasteiger charge is -2.13. The first-order chi connectivity index (χ1) is 14.1. The fourth-order valence-corrected chi connectivity index (χ4v) is 2.74. The lowest BCUT2D eigenvalue weighted by molar-refractivity contribution is -0.384. The molecule has 0 radical (unpaired) electrons. The summed E-state index contributed by atoms with van der Waals surface area (Å²) in [6.07, 6.45) is 0. The van der Waals surface area contributed by atoms with Crippen molar-refractivity contribution in [2.24, 2.45) is 0 Å². The van der Waals surface area contributed by atoms with Crippen LogP contribution in [0.2, 0.25) is 0 Å². The van der Waals surface area contributed by atoms with Crippen molar-refractivity contribution in [2.45, 2.75) is 40.5 Å². The van der Waals surface area contributed by atoms with Crippen LogP contribution in [0.4, 0.5) is 11.4 Å². The number of esters is 1. The van der Waals surface area contributed by atoms with Gasteiger partial charge in [-0.05, 0) is 55.0 Å². The molecule has 0 bridgehead atoms. The molecule has 30 heavy (non-hydrogen) atoms. The number of hydrogen-bond donors (Lipinski definition) is 1. The van der Waals surface area contributed by atoms with E-state index in [-0.39, 0.29) is 18.0 Å². The molecule has 8 nitrogen and oxygen atoms in total. The van der Waals surface area contributed by atoms with Gasteiger partial charge in [0, 0.05) is 6.07 Å². The van der Waals surface area contributed by atoms with Gasteiger partial charge in [0.2, 0.25) is 0 Å². The Kier molecular flexibility index (Phi) is 7.52. The van der Waals surface area contributed by atoms with Crippen LogP contribution < -0.4 is 10.1 Å². The molecule has 0 heterocycles. The molecule has 1 amide bonds. The molecule has 0 spiro atoms. The van der Waals surface area contributed by atoms with Gasteiger partial charge < -0.3 is 14.8 Å². The van der Waals surface area contributed by atoms with E-state index < -0.39 is 23.4 Å². The molecule has 0 atom stereocenters. The molecule has 0 aromatic heterocycles. The highest BCUT2D eigenvalue weighted by atomic mass is 16.6. The highest BCUT2D eigenvalue weighted by Crippen LogP contribution is 2.30. The number of rotatable bonds is 8. The second-order valence-electron chi connectivity index (χ2n) is 7.34. The van der Waals surface area contributed by atoms with Crippen molar-refractivity contribution in [3.63, 3.8) is 0 Å². The maximum absolute atomic E-state index is 12.2. The number of anilines is 1. The minimum absolute atomic E-state index is 0.0958. The number of carbonyl (C=O) groups excluding carboxylic acids is 2. The van der Waals surface area contributed by atoms with Crippen LogP contribution in [0.15, 0.2) is 30.3 Å². The van der Waals surface area contributed by atoms with Crippen molar-refractivity contribution in [3.8, 4) is 5.75 Å². The van der Waals surface area contributed by atoms with E-state index in [1.54, 1.807) is 19.9 Å². The fourth-order valence-electron chi connectivity index (χ4n) is 2.74. The zero-order chi connectivity index (χ0) is 22.4. The van der Waals surface area contributed by atoms with Crippen LogP contribution in [0, 0.1) is 30.9 Å². The minimum Gasteiger partial charge on any atom is -0.482 e. The van der Waals surface area contributed by atoms with Crippen LogP contribution in [0.1, 0.15) is 42.0 Å². The Morgan fingerprint density at radius 1 is 1.07 bits per heavy atom. The summed E-state index contributed by atoms with van der Waals surface area (Å²) in [6.45, 7) is 8.52. The SMILES string of the molecule is Cc1ccc(C(C)C)cc1OCC(=O)OCC(=O)Nc1c([N+](=O)[O-])ccc(C)c1C. The molecule has 2 aromatic carbocycles. The third-order valence-corrected chi connectivity index (χ3v) is 4.76. The van der Waals surface area contributed by atoms with Crippen molar-refractivity contribution in [1.82, 2.24) is 0 Å². The van der Waals surface area contributed by atoms with E-state index in [4.69, 9.17) is 9.47 Å². The Labute approximate surface area is 175 Å². The summed E-state index contributed by atoms with van der Waals surface area (Å²) >= 11 is 0. The maximum atomic E-state index is 12.2. The summed E-state index contributed by atoms with van der Waals surface area (Å²) in [5.74, 6) is -0.487. The van der Waals surface area contributed by atoms with Crippen LogP contribution in [-0.2, 0) is 14.3 Å². The maximum Gasteiger partial charge on any atom is 0.344 e. The first-order valence-corrected chi connectivity index (χ1v) is 9.53. The van der Waals surface area contributed by atoms with Crippen molar-refractivity contribution in [2.75, 3.05) is 18.5 Å². The Hall–Kier alpha value is -3.42. The highest BCUT2D eigenvalue weighted by molar-refractivity contribution is 5.96. The van der Waals surface area contributed by atoms with Gasteiger partial charge in [-0.1, -0.05) is 32.0 Å². The molecule has 160 valence electrons. The molecule has 0 saturated carbocycles. The Morgan fingerprint density at radius 2 is 1.73 bits per heavy atom. The quantitative estimate of drug-likeness (QED) is 0.394. The van der Waals surface area contributed by atoms with E-state index >= 15 is 0 Å². The Morgan fingerprint density at radius 3 is 2.37 bits per heavy atom. The molecule has 0 aliphatic rings. The van der Waals surface area contributed by atoms with Gasteiger partial charge in [0.15, 0.2) is 13.2 Å². The summed E-state index contributed by atoms with van der Waals surface area (Å²) in [7, 11) is 0. The first kappa shape index (κ1) is 22.9.